The van der Waals surface area contributed by atoms with E-state index in [0.29, 0.717) is 12.0 Å². The van der Waals surface area contributed by atoms with Gasteiger partial charge < -0.3 is 9.84 Å². The van der Waals surface area contributed by atoms with E-state index >= 15 is 0 Å². The fourth-order valence-corrected chi connectivity index (χ4v) is 5.09. The Labute approximate surface area is 153 Å². The lowest BCUT2D eigenvalue weighted by Gasteiger charge is -2.19. The predicted molar refractivity (Wildman–Crippen MR) is 99.6 cm³/mol. The minimum Gasteiger partial charge on any atom is -0.500 e. The second kappa shape index (κ2) is 8.43. The quantitative estimate of drug-likeness (QED) is 0.421. The van der Waals surface area contributed by atoms with Gasteiger partial charge in [0.2, 0.25) is 11.7 Å². The van der Waals surface area contributed by atoms with E-state index in [1.165, 1.54) is 12.3 Å². The average Bonchev–Trinajstić information content (AvgIpc) is 2.96. The molecule has 0 saturated carbocycles. The Balaban J connectivity index is 2.06. The molecule has 0 spiro atoms. The number of amides is 1. The molecular formula is C15H19N3O5S2. The van der Waals surface area contributed by atoms with Crippen molar-refractivity contribution in [2.75, 3.05) is 18.1 Å². The summed E-state index contributed by atoms with van der Waals surface area (Å²) in [6.45, 7) is 3.97. The van der Waals surface area contributed by atoms with Gasteiger partial charge in [0.1, 0.15) is 0 Å². The maximum absolute atomic E-state index is 12.0. The number of hydrazone groups is 1. The number of phenolic OH excluding ortho intramolecular Hbond substituents is 1. The SMILES string of the molecule is CCOc1cc(/C=N\NC(=O)CC2(C)SCCS2)cc([N+](=O)[O-])c1O. The van der Waals surface area contributed by atoms with Crippen molar-refractivity contribution in [3.8, 4) is 11.5 Å². The first-order valence-electron chi connectivity index (χ1n) is 7.58. The number of nitro groups is 1. The Morgan fingerprint density at radius 3 is 2.80 bits per heavy atom. The van der Waals surface area contributed by atoms with Gasteiger partial charge in [-0.05, 0) is 19.9 Å². The summed E-state index contributed by atoms with van der Waals surface area (Å²) in [7, 11) is 0. The molecule has 136 valence electrons. The number of thioether (sulfide) groups is 2. The number of carbonyl (C=O) groups is 1. The molecule has 0 bridgehead atoms. The number of nitrogens with zero attached hydrogens (tertiary/aromatic N) is 2. The third kappa shape index (κ3) is 5.27. The number of nitro benzene ring substituents is 1. The van der Waals surface area contributed by atoms with Gasteiger partial charge in [0.25, 0.3) is 0 Å². The normalized spacial score (nSPS) is 16.1. The summed E-state index contributed by atoms with van der Waals surface area (Å²) in [6, 6.07) is 2.59. The number of carbonyl (C=O) groups excluding carboxylic acids is 1. The number of rotatable bonds is 7. The van der Waals surface area contributed by atoms with Crippen molar-refractivity contribution in [1.29, 1.82) is 0 Å². The zero-order chi connectivity index (χ0) is 18.4. The van der Waals surface area contributed by atoms with Gasteiger partial charge in [-0.15, -0.1) is 23.5 Å². The smallest absolute Gasteiger partial charge is 0.315 e. The molecule has 8 nitrogen and oxygen atoms in total. The first-order valence-corrected chi connectivity index (χ1v) is 9.56. The summed E-state index contributed by atoms with van der Waals surface area (Å²) in [5, 5.41) is 24.7. The van der Waals surface area contributed by atoms with Gasteiger partial charge in [0.05, 0.1) is 28.2 Å². The van der Waals surface area contributed by atoms with Gasteiger partial charge in [-0.2, -0.15) is 5.10 Å². The van der Waals surface area contributed by atoms with Crippen molar-refractivity contribution in [2.45, 2.75) is 24.3 Å². The average molecular weight is 385 g/mol. The van der Waals surface area contributed by atoms with E-state index in [4.69, 9.17) is 4.74 Å². The number of benzene rings is 1. The fraction of sp³-hybridized carbons (Fsp3) is 0.467. The molecule has 0 unspecified atom stereocenters. The molecule has 1 amide bonds. The van der Waals surface area contributed by atoms with Gasteiger partial charge in [0.15, 0.2) is 5.75 Å². The summed E-state index contributed by atoms with van der Waals surface area (Å²) >= 11 is 3.50. The van der Waals surface area contributed by atoms with Crippen LogP contribution in [0.5, 0.6) is 11.5 Å². The monoisotopic (exact) mass is 385 g/mol. The van der Waals surface area contributed by atoms with Crippen LogP contribution < -0.4 is 10.2 Å². The highest BCUT2D eigenvalue weighted by atomic mass is 32.2. The van der Waals surface area contributed by atoms with Gasteiger partial charge in [-0.25, -0.2) is 5.43 Å². The molecule has 1 aliphatic rings. The number of hydrogen-bond donors (Lipinski definition) is 2. The van der Waals surface area contributed by atoms with Crippen molar-refractivity contribution in [3.05, 3.63) is 27.8 Å². The number of hydrogen-bond acceptors (Lipinski definition) is 8. The molecule has 1 aliphatic heterocycles. The van der Waals surface area contributed by atoms with Crippen LogP contribution in [0.4, 0.5) is 5.69 Å². The van der Waals surface area contributed by atoms with E-state index in [1.54, 1.807) is 30.4 Å². The number of ether oxygens (including phenoxy) is 1. The van der Waals surface area contributed by atoms with Crippen molar-refractivity contribution in [2.24, 2.45) is 5.10 Å². The summed E-state index contributed by atoms with van der Waals surface area (Å²) in [5.41, 5.74) is 2.28. The van der Waals surface area contributed by atoms with Crippen LogP contribution in [-0.4, -0.2) is 44.3 Å². The lowest BCUT2D eigenvalue weighted by Crippen LogP contribution is -2.26. The molecule has 0 aromatic heterocycles. The van der Waals surface area contributed by atoms with E-state index in [1.807, 2.05) is 6.92 Å². The summed E-state index contributed by atoms with van der Waals surface area (Å²) in [6.07, 6.45) is 1.61. The van der Waals surface area contributed by atoms with Crippen LogP contribution in [0.1, 0.15) is 25.8 Å². The van der Waals surface area contributed by atoms with E-state index in [-0.39, 0.29) is 22.3 Å². The molecule has 2 rings (SSSR count). The second-order valence-electron chi connectivity index (χ2n) is 5.38. The van der Waals surface area contributed by atoms with Crippen LogP contribution in [0.3, 0.4) is 0 Å². The standard InChI is InChI=1S/C15H19N3O5S2/c1-3-23-12-7-10(6-11(14(12)20)18(21)22)9-16-17-13(19)8-15(2)24-4-5-25-15/h6-7,9,20H,3-5,8H2,1-2H3,(H,17,19)/b16-9-. The largest absolute Gasteiger partial charge is 0.500 e. The van der Waals surface area contributed by atoms with Crippen LogP contribution >= 0.6 is 23.5 Å². The fourth-order valence-electron chi connectivity index (χ4n) is 2.26. The van der Waals surface area contributed by atoms with Crippen molar-refractivity contribution < 1.29 is 19.6 Å². The van der Waals surface area contributed by atoms with Crippen LogP contribution in [0.25, 0.3) is 0 Å². The van der Waals surface area contributed by atoms with Gasteiger partial charge >= 0.3 is 5.69 Å². The van der Waals surface area contributed by atoms with Crippen LogP contribution in [-0.2, 0) is 4.79 Å². The van der Waals surface area contributed by atoms with Crippen LogP contribution in [0, 0.1) is 10.1 Å². The minimum absolute atomic E-state index is 0.00394. The van der Waals surface area contributed by atoms with E-state index in [0.717, 1.165) is 17.6 Å². The van der Waals surface area contributed by atoms with Crippen LogP contribution in [0.2, 0.25) is 0 Å². The van der Waals surface area contributed by atoms with Crippen molar-refractivity contribution in [3.63, 3.8) is 0 Å². The molecule has 25 heavy (non-hydrogen) atoms. The number of aromatic hydroxyl groups is 1. The Bertz CT molecular complexity index is 690. The molecule has 0 aliphatic carbocycles. The number of phenols is 1. The molecule has 1 heterocycles. The highest BCUT2D eigenvalue weighted by Gasteiger charge is 2.32. The highest BCUT2D eigenvalue weighted by molar-refractivity contribution is 8.21. The molecule has 2 N–H and O–H groups in total. The second-order valence-corrected chi connectivity index (χ2v) is 8.83. The zero-order valence-electron chi connectivity index (χ0n) is 13.9. The zero-order valence-corrected chi connectivity index (χ0v) is 15.5. The van der Waals surface area contributed by atoms with E-state index in [2.05, 4.69) is 10.5 Å². The van der Waals surface area contributed by atoms with Gasteiger partial charge in [-0.1, -0.05) is 0 Å². The summed E-state index contributed by atoms with van der Waals surface area (Å²) in [4.78, 5) is 22.3. The molecule has 1 saturated heterocycles. The molecule has 1 aromatic carbocycles. The third-order valence-electron chi connectivity index (χ3n) is 3.36. The minimum atomic E-state index is -0.705. The Kier molecular flexibility index (Phi) is 6.54. The molecule has 10 heteroatoms. The highest BCUT2D eigenvalue weighted by Crippen LogP contribution is 2.45. The molecule has 0 atom stereocenters. The van der Waals surface area contributed by atoms with E-state index < -0.39 is 16.4 Å². The lowest BCUT2D eigenvalue weighted by atomic mass is 10.2. The van der Waals surface area contributed by atoms with Gasteiger partial charge in [-0.3, -0.25) is 14.9 Å². The van der Waals surface area contributed by atoms with Crippen molar-refractivity contribution >= 4 is 41.3 Å². The van der Waals surface area contributed by atoms with Crippen molar-refractivity contribution in [1.82, 2.24) is 5.43 Å². The molecule has 1 fully saturated rings. The lowest BCUT2D eigenvalue weighted by molar-refractivity contribution is -0.386. The first kappa shape index (κ1) is 19.4. The maximum Gasteiger partial charge on any atom is 0.315 e. The van der Waals surface area contributed by atoms with Crippen LogP contribution in [0.15, 0.2) is 17.2 Å². The Morgan fingerprint density at radius 2 is 2.20 bits per heavy atom. The van der Waals surface area contributed by atoms with Gasteiger partial charge in [0, 0.05) is 23.1 Å². The summed E-state index contributed by atoms with van der Waals surface area (Å²) < 4.78 is 5.05. The molecule has 0 radical (unpaired) electrons. The Morgan fingerprint density at radius 1 is 1.52 bits per heavy atom. The summed E-state index contributed by atoms with van der Waals surface area (Å²) in [5.74, 6) is 1.29. The van der Waals surface area contributed by atoms with E-state index in [9.17, 15) is 20.0 Å². The maximum atomic E-state index is 12.0. The number of nitrogens with one attached hydrogen (secondary N) is 1. The topological polar surface area (TPSA) is 114 Å². The first-order chi connectivity index (χ1) is 11.8. The Hall–Kier alpha value is -1.94. The predicted octanol–water partition coefficient (Wildman–Crippen LogP) is 2.74. The molecular weight excluding hydrogens is 366 g/mol. The molecule has 1 aromatic rings. The third-order valence-corrected chi connectivity index (χ3v) is 6.65.